The summed E-state index contributed by atoms with van der Waals surface area (Å²) in [7, 11) is -2.21. The Labute approximate surface area is 217 Å². The van der Waals surface area contributed by atoms with Gasteiger partial charge in [0.05, 0.1) is 0 Å². The number of H-pyrrole nitrogens is 1. The van der Waals surface area contributed by atoms with E-state index < -0.39 is 40.1 Å². The third-order valence-electron chi connectivity index (χ3n) is 6.72. The molecular weight excluding hydrogens is 523 g/mol. The second-order valence-electron chi connectivity index (χ2n) is 9.24. The van der Waals surface area contributed by atoms with Crippen molar-refractivity contribution in [2.24, 2.45) is 0 Å². The van der Waals surface area contributed by atoms with Crippen molar-refractivity contribution in [3.63, 3.8) is 0 Å². The fourth-order valence-electron chi connectivity index (χ4n) is 4.64. The first-order valence-electron chi connectivity index (χ1n) is 12.1. The van der Waals surface area contributed by atoms with Crippen LogP contribution in [-0.2, 0) is 14.8 Å². The summed E-state index contributed by atoms with van der Waals surface area (Å²) in [6.45, 7) is -1.47. The van der Waals surface area contributed by atoms with Crippen LogP contribution < -0.4 is 10.9 Å². The second-order valence-corrected chi connectivity index (χ2v) is 11.2. The highest BCUT2D eigenvalue weighted by Gasteiger charge is 2.31. The molecule has 0 spiro atoms. The van der Waals surface area contributed by atoms with Gasteiger partial charge in [0, 0.05) is 43.4 Å². The molecule has 2 heterocycles. The Balaban J connectivity index is 1.59. The van der Waals surface area contributed by atoms with Crippen LogP contribution in [0.5, 0.6) is 0 Å². The number of hydrogen-bond acceptors (Lipinski definition) is 5. The maximum absolute atomic E-state index is 13.3. The molecule has 1 aromatic carbocycles. The largest absolute Gasteiger partial charge is 0.405 e. The number of carbonyl (C=O) groups is 1. The standard InChI is InChI=1S/C25H28F3N5O4S/c1-32(18-9-5-6-10-18)38(36,37)19-11-12-22(29-14-19)33-24(35)21(15-31-33)20(17-7-3-2-4-8-17)13-23(34)30-16-25(26,27)28/h2-4,7-8,11-12,14-15,18,20,31H,5-6,9-10,13,16H2,1H3,(H,30,34). The zero-order chi connectivity index (χ0) is 27.5. The van der Waals surface area contributed by atoms with Crippen molar-refractivity contribution in [2.45, 2.75) is 55.1 Å². The number of benzene rings is 1. The number of halogens is 3. The summed E-state index contributed by atoms with van der Waals surface area (Å²) in [5.41, 5.74) is 0.161. The lowest BCUT2D eigenvalue weighted by atomic mass is 9.90. The van der Waals surface area contributed by atoms with Crippen LogP contribution in [0.15, 0.2) is 64.5 Å². The summed E-state index contributed by atoms with van der Waals surface area (Å²) in [6.07, 6.45) is 1.18. The summed E-state index contributed by atoms with van der Waals surface area (Å²) in [6, 6.07) is 11.2. The van der Waals surface area contributed by atoms with Crippen molar-refractivity contribution in [3.8, 4) is 5.82 Å². The molecule has 1 unspecified atom stereocenters. The molecule has 0 saturated heterocycles. The van der Waals surface area contributed by atoms with Crippen LogP contribution in [0.2, 0.25) is 0 Å². The minimum Gasteiger partial charge on any atom is -0.347 e. The van der Waals surface area contributed by atoms with Crippen molar-refractivity contribution in [1.29, 1.82) is 0 Å². The average molecular weight is 552 g/mol. The topological polar surface area (TPSA) is 117 Å². The number of hydrogen-bond donors (Lipinski definition) is 2. The highest BCUT2D eigenvalue weighted by Crippen LogP contribution is 2.28. The van der Waals surface area contributed by atoms with E-state index >= 15 is 0 Å². The van der Waals surface area contributed by atoms with Crippen molar-refractivity contribution < 1.29 is 26.4 Å². The predicted octanol–water partition coefficient (Wildman–Crippen LogP) is 3.32. The van der Waals surface area contributed by atoms with Crippen molar-refractivity contribution in [2.75, 3.05) is 13.6 Å². The first-order chi connectivity index (χ1) is 18.0. The van der Waals surface area contributed by atoms with Crippen LogP contribution in [0.25, 0.3) is 5.82 Å². The molecule has 0 bridgehead atoms. The van der Waals surface area contributed by atoms with Gasteiger partial charge in [-0.15, -0.1) is 0 Å². The maximum atomic E-state index is 13.3. The van der Waals surface area contributed by atoms with Crippen LogP contribution in [0, 0.1) is 0 Å². The van der Waals surface area contributed by atoms with Crippen LogP contribution in [0.4, 0.5) is 13.2 Å². The van der Waals surface area contributed by atoms with E-state index in [1.807, 2.05) is 5.32 Å². The summed E-state index contributed by atoms with van der Waals surface area (Å²) in [5.74, 6) is -1.56. The van der Waals surface area contributed by atoms with Gasteiger partial charge in [0.25, 0.3) is 5.56 Å². The van der Waals surface area contributed by atoms with Crippen molar-refractivity contribution in [3.05, 3.63) is 76.3 Å². The van der Waals surface area contributed by atoms with Crippen molar-refractivity contribution in [1.82, 2.24) is 24.4 Å². The number of aromatic amines is 1. The molecule has 1 aliphatic rings. The summed E-state index contributed by atoms with van der Waals surface area (Å²) in [5, 5.41) is 4.61. The van der Waals surface area contributed by atoms with E-state index in [2.05, 4.69) is 10.1 Å². The summed E-state index contributed by atoms with van der Waals surface area (Å²) < 4.78 is 66.1. The van der Waals surface area contributed by atoms with E-state index in [0.717, 1.165) is 30.4 Å². The molecule has 4 rings (SSSR count). The SMILES string of the molecule is CN(C1CCCC1)S(=O)(=O)c1ccc(-n2[nH]cc(C(CC(=O)NCC(F)(F)F)c3ccccc3)c2=O)nc1. The van der Waals surface area contributed by atoms with Crippen LogP contribution in [0.3, 0.4) is 0 Å². The minimum atomic E-state index is -4.56. The van der Waals surface area contributed by atoms with Crippen molar-refractivity contribution >= 4 is 15.9 Å². The first-order valence-corrected chi connectivity index (χ1v) is 13.5. The molecule has 38 heavy (non-hydrogen) atoms. The Kier molecular flexibility index (Phi) is 8.07. The predicted molar refractivity (Wildman–Crippen MR) is 133 cm³/mol. The van der Waals surface area contributed by atoms with Gasteiger partial charge >= 0.3 is 6.18 Å². The van der Waals surface area contributed by atoms with E-state index in [0.29, 0.717) is 5.56 Å². The Hall–Kier alpha value is -3.45. The number of sulfonamides is 1. The summed E-state index contributed by atoms with van der Waals surface area (Å²) >= 11 is 0. The van der Waals surface area contributed by atoms with E-state index in [9.17, 15) is 31.2 Å². The Morgan fingerprint density at radius 1 is 1.18 bits per heavy atom. The lowest BCUT2D eigenvalue weighted by Crippen LogP contribution is -2.35. The lowest BCUT2D eigenvalue weighted by Gasteiger charge is -2.23. The van der Waals surface area contributed by atoms with Gasteiger partial charge in [-0.3, -0.25) is 14.7 Å². The fourth-order valence-corrected chi connectivity index (χ4v) is 6.00. The molecule has 0 aliphatic heterocycles. The second kappa shape index (κ2) is 11.1. The molecule has 1 atom stereocenters. The molecule has 2 N–H and O–H groups in total. The number of amides is 1. The normalized spacial score (nSPS) is 15.6. The van der Waals surface area contributed by atoms with Gasteiger partial charge in [0.1, 0.15) is 11.4 Å². The number of carbonyl (C=O) groups excluding carboxylic acids is 1. The van der Waals surface area contributed by atoms with Crippen LogP contribution in [0.1, 0.15) is 49.1 Å². The highest BCUT2D eigenvalue weighted by atomic mass is 32.2. The molecule has 1 amide bonds. The molecule has 1 fully saturated rings. The van der Waals surface area contributed by atoms with Gasteiger partial charge in [-0.25, -0.2) is 18.1 Å². The molecule has 1 saturated carbocycles. The van der Waals surface area contributed by atoms with Crippen LogP contribution >= 0.6 is 0 Å². The quantitative estimate of drug-likeness (QED) is 0.423. The average Bonchev–Trinajstić information content (AvgIpc) is 3.56. The Morgan fingerprint density at radius 2 is 1.87 bits per heavy atom. The number of nitrogens with zero attached hydrogens (tertiary/aromatic N) is 3. The van der Waals surface area contributed by atoms with Gasteiger partial charge in [0.2, 0.25) is 15.9 Å². The third kappa shape index (κ3) is 6.16. The number of rotatable bonds is 9. The van der Waals surface area contributed by atoms with Gasteiger partial charge in [-0.2, -0.15) is 17.5 Å². The zero-order valence-electron chi connectivity index (χ0n) is 20.6. The Morgan fingerprint density at radius 3 is 2.47 bits per heavy atom. The molecule has 204 valence electrons. The van der Waals surface area contributed by atoms with Gasteiger partial charge in [-0.1, -0.05) is 43.2 Å². The number of pyridine rings is 1. The lowest BCUT2D eigenvalue weighted by molar-refractivity contribution is -0.138. The monoisotopic (exact) mass is 551 g/mol. The number of alkyl halides is 3. The number of aromatic nitrogens is 3. The Bertz CT molecular complexity index is 1410. The molecule has 13 heteroatoms. The summed E-state index contributed by atoms with van der Waals surface area (Å²) in [4.78, 5) is 29.8. The van der Waals surface area contributed by atoms with E-state index in [-0.39, 0.29) is 28.7 Å². The van der Waals surface area contributed by atoms with E-state index in [4.69, 9.17) is 0 Å². The number of nitrogens with one attached hydrogen (secondary N) is 2. The molecule has 2 aromatic heterocycles. The van der Waals surface area contributed by atoms with E-state index in [1.54, 1.807) is 37.4 Å². The van der Waals surface area contributed by atoms with Gasteiger partial charge in [-0.05, 0) is 30.5 Å². The molecular formula is C25H28F3N5O4S. The molecule has 9 nitrogen and oxygen atoms in total. The van der Waals surface area contributed by atoms with E-state index in [1.165, 1.54) is 28.8 Å². The molecule has 1 aliphatic carbocycles. The zero-order valence-corrected chi connectivity index (χ0v) is 21.4. The highest BCUT2D eigenvalue weighted by molar-refractivity contribution is 7.89. The first kappa shape index (κ1) is 27.6. The molecule has 3 aromatic rings. The fraction of sp³-hybridized carbons (Fsp3) is 0.400. The van der Waals surface area contributed by atoms with Gasteiger partial charge < -0.3 is 5.32 Å². The minimum absolute atomic E-state index is 0.000948. The molecule has 0 radical (unpaired) electrons. The van der Waals surface area contributed by atoms with Gasteiger partial charge in [0.15, 0.2) is 5.82 Å². The smallest absolute Gasteiger partial charge is 0.347 e. The third-order valence-corrected chi connectivity index (χ3v) is 8.61. The van der Waals surface area contributed by atoms with Crippen LogP contribution in [-0.4, -0.2) is 59.2 Å². The maximum Gasteiger partial charge on any atom is 0.405 e.